The summed E-state index contributed by atoms with van der Waals surface area (Å²) < 4.78 is 3.26. The smallest absolute Gasteiger partial charge is 0.278 e. The molecular formula is C18H18N6O. The number of aryl methyl sites for hydroxylation is 1. The zero-order valence-corrected chi connectivity index (χ0v) is 14.3. The van der Waals surface area contributed by atoms with Gasteiger partial charge in [-0.1, -0.05) is 19.9 Å². The molecule has 0 aliphatic rings. The van der Waals surface area contributed by atoms with Crippen molar-refractivity contribution in [2.45, 2.75) is 26.7 Å². The van der Waals surface area contributed by atoms with Crippen LogP contribution in [0.25, 0.3) is 22.7 Å². The van der Waals surface area contributed by atoms with Crippen LogP contribution in [-0.2, 0) is 0 Å². The number of aromatic nitrogens is 6. The van der Waals surface area contributed by atoms with Gasteiger partial charge in [-0.05, 0) is 25.0 Å². The molecule has 4 aromatic heterocycles. The van der Waals surface area contributed by atoms with Gasteiger partial charge in [0.15, 0.2) is 5.65 Å². The molecule has 126 valence electrons. The highest BCUT2D eigenvalue weighted by atomic mass is 16.1. The molecule has 0 aliphatic carbocycles. The van der Waals surface area contributed by atoms with Gasteiger partial charge >= 0.3 is 0 Å². The molecule has 25 heavy (non-hydrogen) atoms. The number of aromatic amines is 1. The normalized spacial score (nSPS) is 11.5. The van der Waals surface area contributed by atoms with Crippen molar-refractivity contribution in [1.29, 1.82) is 0 Å². The molecular weight excluding hydrogens is 316 g/mol. The summed E-state index contributed by atoms with van der Waals surface area (Å²) in [7, 11) is 0. The van der Waals surface area contributed by atoms with Gasteiger partial charge in [0.2, 0.25) is 0 Å². The molecule has 0 saturated carbocycles. The fourth-order valence-electron chi connectivity index (χ4n) is 3.10. The average Bonchev–Trinajstić information content (AvgIpc) is 3.22. The number of nitrogens with one attached hydrogen (secondary N) is 1. The fraction of sp³-hybridized carbons (Fsp3) is 0.222. The van der Waals surface area contributed by atoms with E-state index >= 15 is 0 Å². The summed E-state index contributed by atoms with van der Waals surface area (Å²) in [5.74, 6) is 0.129. The van der Waals surface area contributed by atoms with Gasteiger partial charge < -0.3 is 9.55 Å². The number of pyridine rings is 1. The maximum Gasteiger partial charge on any atom is 0.278 e. The van der Waals surface area contributed by atoms with Gasteiger partial charge in [0, 0.05) is 23.7 Å². The second-order valence-corrected chi connectivity index (χ2v) is 6.29. The van der Waals surface area contributed by atoms with Crippen molar-refractivity contribution in [2.75, 3.05) is 0 Å². The molecule has 0 saturated heterocycles. The Balaban J connectivity index is 1.86. The predicted molar refractivity (Wildman–Crippen MR) is 95.0 cm³/mol. The van der Waals surface area contributed by atoms with Gasteiger partial charge in [-0.15, -0.1) is 0 Å². The summed E-state index contributed by atoms with van der Waals surface area (Å²) >= 11 is 0. The molecule has 0 amide bonds. The van der Waals surface area contributed by atoms with Crippen LogP contribution in [0.2, 0.25) is 0 Å². The van der Waals surface area contributed by atoms with E-state index in [4.69, 9.17) is 0 Å². The minimum Gasteiger partial charge on any atom is -0.342 e. The Morgan fingerprint density at radius 2 is 2.00 bits per heavy atom. The first kappa shape index (κ1) is 15.3. The molecule has 0 fully saturated rings. The minimum absolute atomic E-state index is 0.0856. The van der Waals surface area contributed by atoms with E-state index in [2.05, 4.69) is 20.1 Å². The molecule has 7 heteroatoms. The number of fused-ring (bicyclic) bond motifs is 1. The van der Waals surface area contributed by atoms with E-state index in [9.17, 15) is 4.79 Å². The third-order valence-corrected chi connectivity index (χ3v) is 4.25. The molecule has 4 rings (SSSR count). The van der Waals surface area contributed by atoms with Crippen molar-refractivity contribution in [3.63, 3.8) is 0 Å². The lowest BCUT2D eigenvalue weighted by atomic mass is 10.0. The predicted octanol–water partition coefficient (Wildman–Crippen LogP) is 2.70. The van der Waals surface area contributed by atoms with Crippen LogP contribution in [-0.4, -0.2) is 29.1 Å². The molecule has 0 aromatic carbocycles. The number of hydrogen-bond donors (Lipinski definition) is 1. The van der Waals surface area contributed by atoms with E-state index in [0.717, 1.165) is 28.3 Å². The SMILES string of the molecule is Cc1[nH]c2c(-n3cnc(-c4ccccn4)c3)cnn2c(=O)c1C(C)C. The molecule has 0 atom stereocenters. The van der Waals surface area contributed by atoms with Crippen LogP contribution in [0.1, 0.15) is 31.0 Å². The summed E-state index contributed by atoms with van der Waals surface area (Å²) in [5, 5.41) is 4.27. The zero-order valence-electron chi connectivity index (χ0n) is 14.3. The monoisotopic (exact) mass is 334 g/mol. The van der Waals surface area contributed by atoms with Crippen LogP contribution in [0.4, 0.5) is 0 Å². The van der Waals surface area contributed by atoms with Crippen LogP contribution in [0.15, 0.2) is 47.9 Å². The molecule has 0 spiro atoms. The van der Waals surface area contributed by atoms with Gasteiger partial charge in [-0.2, -0.15) is 9.61 Å². The number of rotatable bonds is 3. The summed E-state index contributed by atoms with van der Waals surface area (Å²) in [6, 6.07) is 5.69. The molecule has 1 N–H and O–H groups in total. The van der Waals surface area contributed by atoms with Gasteiger partial charge in [0.1, 0.15) is 17.7 Å². The Morgan fingerprint density at radius 3 is 2.72 bits per heavy atom. The molecule has 7 nitrogen and oxygen atoms in total. The second kappa shape index (κ2) is 5.70. The Hall–Kier alpha value is -3.22. The average molecular weight is 334 g/mol. The highest BCUT2D eigenvalue weighted by Crippen LogP contribution is 2.20. The van der Waals surface area contributed by atoms with E-state index in [1.54, 1.807) is 18.7 Å². The highest BCUT2D eigenvalue weighted by molar-refractivity contribution is 5.61. The molecule has 4 heterocycles. The first-order chi connectivity index (χ1) is 12.1. The molecule has 0 radical (unpaired) electrons. The standard InChI is InChI=1S/C18H18N6O/c1-11(2)16-12(3)22-17-15(8-21-24(17)18(16)25)23-9-14(20-10-23)13-6-4-5-7-19-13/h4-11,22H,1-3H3. The molecule has 0 aliphatic heterocycles. The van der Waals surface area contributed by atoms with E-state index < -0.39 is 0 Å². The lowest BCUT2D eigenvalue weighted by Crippen LogP contribution is -2.22. The summed E-state index contributed by atoms with van der Waals surface area (Å²) in [6.45, 7) is 5.92. The van der Waals surface area contributed by atoms with Crippen molar-refractivity contribution in [3.8, 4) is 17.1 Å². The van der Waals surface area contributed by atoms with Gasteiger partial charge in [0.25, 0.3) is 5.56 Å². The van der Waals surface area contributed by atoms with E-state index in [-0.39, 0.29) is 11.5 Å². The number of nitrogens with zero attached hydrogens (tertiary/aromatic N) is 5. The Morgan fingerprint density at radius 1 is 1.16 bits per heavy atom. The highest BCUT2D eigenvalue weighted by Gasteiger charge is 2.17. The third-order valence-electron chi connectivity index (χ3n) is 4.25. The topological polar surface area (TPSA) is 80.9 Å². The summed E-state index contributed by atoms with van der Waals surface area (Å²) in [5.41, 5.74) is 4.50. The Bertz CT molecular complexity index is 1100. The van der Waals surface area contributed by atoms with Crippen LogP contribution in [0.5, 0.6) is 0 Å². The van der Waals surface area contributed by atoms with Crippen molar-refractivity contribution in [1.82, 2.24) is 29.1 Å². The zero-order chi connectivity index (χ0) is 17.6. The van der Waals surface area contributed by atoms with Gasteiger partial charge in [-0.3, -0.25) is 9.78 Å². The van der Waals surface area contributed by atoms with Crippen LogP contribution in [0, 0.1) is 6.92 Å². The van der Waals surface area contributed by atoms with Crippen molar-refractivity contribution in [2.24, 2.45) is 0 Å². The lowest BCUT2D eigenvalue weighted by Gasteiger charge is -2.09. The van der Waals surface area contributed by atoms with Crippen molar-refractivity contribution < 1.29 is 0 Å². The molecule has 0 bridgehead atoms. The maximum absolute atomic E-state index is 12.7. The summed E-state index contributed by atoms with van der Waals surface area (Å²) in [6.07, 6.45) is 6.98. The number of imidazole rings is 1. The Kier molecular flexibility index (Phi) is 3.49. The van der Waals surface area contributed by atoms with Gasteiger partial charge in [0.05, 0.1) is 11.9 Å². The lowest BCUT2D eigenvalue weighted by molar-refractivity contribution is 0.779. The van der Waals surface area contributed by atoms with Gasteiger partial charge in [-0.25, -0.2) is 4.98 Å². The number of H-pyrrole nitrogens is 1. The third kappa shape index (κ3) is 2.44. The van der Waals surface area contributed by atoms with Crippen LogP contribution < -0.4 is 5.56 Å². The van der Waals surface area contributed by atoms with Crippen LogP contribution >= 0.6 is 0 Å². The Labute approximate surface area is 144 Å². The summed E-state index contributed by atoms with van der Waals surface area (Å²) in [4.78, 5) is 24.7. The van der Waals surface area contributed by atoms with E-state index in [1.807, 2.05) is 49.7 Å². The minimum atomic E-state index is -0.0856. The van der Waals surface area contributed by atoms with Crippen LogP contribution in [0.3, 0.4) is 0 Å². The quantitative estimate of drug-likeness (QED) is 0.624. The number of hydrogen-bond acceptors (Lipinski definition) is 4. The first-order valence-electron chi connectivity index (χ1n) is 8.12. The second-order valence-electron chi connectivity index (χ2n) is 6.29. The molecule has 4 aromatic rings. The first-order valence-corrected chi connectivity index (χ1v) is 8.12. The fourth-order valence-corrected chi connectivity index (χ4v) is 3.10. The van der Waals surface area contributed by atoms with Crippen molar-refractivity contribution >= 4 is 5.65 Å². The van der Waals surface area contributed by atoms with E-state index in [0.29, 0.717) is 5.65 Å². The maximum atomic E-state index is 12.7. The largest absolute Gasteiger partial charge is 0.342 e. The van der Waals surface area contributed by atoms with Crippen molar-refractivity contribution in [3.05, 3.63) is 64.7 Å². The molecule has 0 unspecified atom stereocenters. The van der Waals surface area contributed by atoms with E-state index in [1.165, 1.54) is 4.52 Å².